The number of fused-ring (bicyclic) bond motifs is 2. The van der Waals surface area contributed by atoms with Gasteiger partial charge in [-0.15, -0.1) is 4.28 Å². The molecule has 12 heteroatoms. The summed E-state index contributed by atoms with van der Waals surface area (Å²) in [5.41, 5.74) is 6.98. The summed E-state index contributed by atoms with van der Waals surface area (Å²) in [5.74, 6) is 0. The molecular formula is C9H18N4O7S. The Morgan fingerprint density at radius 3 is 2.76 bits per heavy atom. The van der Waals surface area contributed by atoms with Crippen molar-refractivity contribution in [1.82, 2.24) is 15.4 Å². The summed E-state index contributed by atoms with van der Waals surface area (Å²) < 4.78 is 33.5. The molecule has 2 rings (SSSR count). The summed E-state index contributed by atoms with van der Waals surface area (Å²) in [7, 11) is -4.60. The molecule has 11 nitrogen and oxygen atoms in total. The fraction of sp³-hybridized carbons (Fsp3) is 0.778. The van der Waals surface area contributed by atoms with Crippen molar-refractivity contribution in [2.45, 2.75) is 18.9 Å². The van der Waals surface area contributed by atoms with Gasteiger partial charge in [-0.25, -0.2) is 10.3 Å². The second kappa shape index (κ2) is 8.09. The van der Waals surface area contributed by atoms with Crippen molar-refractivity contribution in [3.05, 3.63) is 0 Å². The number of rotatable bonds is 6. The summed E-state index contributed by atoms with van der Waals surface area (Å²) in [6.07, 6.45) is 1.97. The van der Waals surface area contributed by atoms with Gasteiger partial charge in [0, 0.05) is 19.6 Å². The number of hydrogen-bond acceptors (Lipinski definition) is 7. The normalized spacial score (nSPS) is 20.9. The molecule has 0 aromatic carbocycles. The van der Waals surface area contributed by atoms with Gasteiger partial charge < -0.3 is 10.6 Å². The minimum Gasteiger partial charge on any atom is -0.328 e. The van der Waals surface area contributed by atoms with Crippen molar-refractivity contribution in [2.75, 3.05) is 26.2 Å². The van der Waals surface area contributed by atoms with E-state index in [0.29, 0.717) is 39.1 Å². The van der Waals surface area contributed by atoms with Crippen LogP contribution >= 0.6 is 0 Å². The zero-order valence-electron chi connectivity index (χ0n) is 11.2. The zero-order chi connectivity index (χ0) is 15.9. The number of nitrogens with zero attached hydrogens (tertiary/aromatic N) is 2. The van der Waals surface area contributed by atoms with E-state index in [1.807, 2.05) is 5.48 Å². The molecule has 0 unspecified atom stereocenters. The lowest BCUT2D eigenvalue weighted by Crippen LogP contribution is -2.35. The first kappa shape index (κ1) is 17.6. The van der Waals surface area contributed by atoms with Gasteiger partial charge in [-0.3, -0.25) is 14.2 Å². The molecule has 0 aromatic heterocycles. The van der Waals surface area contributed by atoms with E-state index in [2.05, 4.69) is 9.12 Å². The van der Waals surface area contributed by atoms with Crippen molar-refractivity contribution >= 4 is 22.8 Å². The Kier molecular flexibility index (Phi) is 6.77. The van der Waals surface area contributed by atoms with E-state index in [-0.39, 0.29) is 6.04 Å². The third kappa shape index (κ3) is 5.81. The standard InChI is InChI=1S/C6H10N2O5S.C3H8N2O2/c9-6-7-3-1-2-5(4-7)8(6)13-14(10,11)12;4-1-2-7-5-3-6/h5H,1-4H2,(H,10,11,12);3H,1-2,4H2,(H,5,6)/t5-;/m1./s1. The summed E-state index contributed by atoms with van der Waals surface area (Å²) >= 11 is 0. The van der Waals surface area contributed by atoms with Crippen LogP contribution in [0.15, 0.2) is 0 Å². The third-order valence-corrected chi connectivity index (χ3v) is 3.06. The Morgan fingerprint density at radius 1 is 1.52 bits per heavy atom. The van der Waals surface area contributed by atoms with Gasteiger partial charge in [0.05, 0.1) is 12.6 Å². The summed E-state index contributed by atoms with van der Waals surface area (Å²) in [4.78, 5) is 26.7. The van der Waals surface area contributed by atoms with Crippen molar-refractivity contribution in [3.63, 3.8) is 0 Å². The van der Waals surface area contributed by atoms with Crippen LogP contribution in [0.3, 0.4) is 0 Å². The molecule has 0 radical (unpaired) electrons. The molecule has 1 atom stereocenters. The number of nitrogens with one attached hydrogen (secondary N) is 1. The second-order valence-corrected chi connectivity index (χ2v) is 5.23. The van der Waals surface area contributed by atoms with E-state index >= 15 is 0 Å². The lowest BCUT2D eigenvalue weighted by atomic mass is 10.1. The minimum absolute atomic E-state index is 0.266. The van der Waals surface area contributed by atoms with Gasteiger partial charge in [0.25, 0.3) is 0 Å². The SMILES string of the molecule is NCCONC=O.O=C1N2CCC[C@H](C2)N1OS(=O)(=O)O. The lowest BCUT2D eigenvalue weighted by Gasteiger charge is -2.20. The van der Waals surface area contributed by atoms with Crippen LogP contribution in [0.25, 0.3) is 0 Å². The molecule has 0 spiro atoms. The summed E-state index contributed by atoms with van der Waals surface area (Å²) in [5, 5.41) is 0.738. The summed E-state index contributed by atoms with van der Waals surface area (Å²) in [6.45, 7) is 1.86. The molecule has 3 amide bonds. The zero-order valence-corrected chi connectivity index (χ0v) is 12.0. The minimum atomic E-state index is -4.60. The second-order valence-electron chi connectivity index (χ2n) is 4.23. The summed E-state index contributed by atoms with van der Waals surface area (Å²) in [6, 6.07) is -0.761. The monoisotopic (exact) mass is 326 g/mol. The highest BCUT2D eigenvalue weighted by Crippen LogP contribution is 2.25. The fourth-order valence-corrected chi connectivity index (χ4v) is 2.35. The molecule has 2 fully saturated rings. The fourth-order valence-electron chi connectivity index (χ4n) is 1.96. The first-order chi connectivity index (χ1) is 9.89. The van der Waals surface area contributed by atoms with E-state index in [4.69, 9.17) is 10.3 Å². The molecule has 122 valence electrons. The topological polar surface area (TPSA) is 151 Å². The Hall–Kier alpha value is -1.47. The van der Waals surface area contributed by atoms with Crippen molar-refractivity contribution in [1.29, 1.82) is 0 Å². The number of nitrogens with two attached hydrogens (primary N) is 1. The number of carbonyl (C=O) groups excluding carboxylic acids is 2. The Morgan fingerprint density at radius 2 is 2.24 bits per heavy atom. The van der Waals surface area contributed by atoms with Gasteiger partial charge in [-0.1, -0.05) is 0 Å². The highest BCUT2D eigenvalue weighted by atomic mass is 32.3. The third-order valence-electron chi connectivity index (χ3n) is 2.71. The maximum absolute atomic E-state index is 11.4. The lowest BCUT2D eigenvalue weighted by molar-refractivity contribution is -0.120. The number of hydrogen-bond donors (Lipinski definition) is 3. The Bertz CT molecular complexity index is 457. The first-order valence-corrected chi connectivity index (χ1v) is 7.51. The molecule has 2 aliphatic rings. The molecular weight excluding hydrogens is 308 g/mol. The van der Waals surface area contributed by atoms with Crippen LogP contribution in [0.2, 0.25) is 0 Å². The number of hydroxylamine groups is 3. The largest absolute Gasteiger partial charge is 0.418 e. The van der Waals surface area contributed by atoms with Crippen LogP contribution in [0.5, 0.6) is 0 Å². The van der Waals surface area contributed by atoms with E-state index in [1.165, 1.54) is 4.90 Å². The van der Waals surface area contributed by atoms with Crippen molar-refractivity contribution in [2.24, 2.45) is 5.73 Å². The molecule has 0 saturated carbocycles. The van der Waals surface area contributed by atoms with Gasteiger partial charge in [0.1, 0.15) is 0 Å². The van der Waals surface area contributed by atoms with Gasteiger partial charge in [0.15, 0.2) is 0 Å². The predicted octanol–water partition coefficient (Wildman–Crippen LogP) is -1.76. The molecule has 2 aliphatic heterocycles. The van der Waals surface area contributed by atoms with Crippen molar-refractivity contribution in [3.8, 4) is 0 Å². The van der Waals surface area contributed by atoms with Gasteiger partial charge in [-0.2, -0.15) is 13.5 Å². The maximum atomic E-state index is 11.4. The molecule has 2 saturated heterocycles. The van der Waals surface area contributed by atoms with E-state index in [1.54, 1.807) is 0 Å². The number of piperidine rings is 1. The highest BCUT2D eigenvalue weighted by Gasteiger charge is 2.42. The smallest absolute Gasteiger partial charge is 0.328 e. The van der Waals surface area contributed by atoms with Crippen LogP contribution in [0.4, 0.5) is 4.79 Å². The number of carbonyl (C=O) groups is 2. The van der Waals surface area contributed by atoms with E-state index < -0.39 is 16.4 Å². The Balaban J connectivity index is 0.000000270. The van der Waals surface area contributed by atoms with Crippen LogP contribution in [-0.2, 0) is 24.3 Å². The number of amides is 3. The average molecular weight is 326 g/mol. The van der Waals surface area contributed by atoms with Gasteiger partial charge >= 0.3 is 16.4 Å². The van der Waals surface area contributed by atoms with Gasteiger partial charge in [-0.05, 0) is 12.8 Å². The number of urea groups is 1. The van der Waals surface area contributed by atoms with Crippen LogP contribution < -0.4 is 11.2 Å². The highest BCUT2D eigenvalue weighted by molar-refractivity contribution is 7.80. The quantitative estimate of drug-likeness (QED) is 0.225. The average Bonchev–Trinajstić information content (AvgIpc) is 2.62. The predicted molar refractivity (Wildman–Crippen MR) is 68.7 cm³/mol. The molecule has 2 bridgehead atoms. The van der Waals surface area contributed by atoms with Gasteiger partial charge in [0.2, 0.25) is 6.41 Å². The molecule has 4 N–H and O–H groups in total. The molecule has 2 heterocycles. The van der Waals surface area contributed by atoms with Crippen molar-refractivity contribution < 1.29 is 31.7 Å². The van der Waals surface area contributed by atoms with E-state index in [9.17, 15) is 18.0 Å². The van der Waals surface area contributed by atoms with Crippen LogP contribution in [-0.4, -0.2) is 67.7 Å². The molecule has 0 aromatic rings. The maximum Gasteiger partial charge on any atom is 0.418 e. The molecule has 21 heavy (non-hydrogen) atoms. The van der Waals surface area contributed by atoms with Crippen LogP contribution in [0, 0.1) is 0 Å². The first-order valence-electron chi connectivity index (χ1n) is 6.15. The van der Waals surface area contributed by atoms with Crippen LogP contribution in [0.1, 0.15) is 12.8 Å². The molecule has 0 aliphatic carbocycles. The Labute approximate surface area is 121 Å². The van der Waals surface area contributed by atoms with E-state index in [0.717, 1.165) is 11.5 Å².